The van der Waals surface area contributed by atoms with E-state index in [0.717, 1.165) is 56.0 Å². The number of amides is 1. The van der Waals surface area contributed by atoms with Crippen LogP contribution in [-0.4, -0.2) is 43.4 Å². The van der Waals surface area contributed by atoms with E-state index in [0.29, 0.717) is 6.54 Å². The molecule has 1 aliphatic heterocycles. The summed E-state index contributed by atoms with van der Waals surface area (Å²) in [4.78, 5) is 20.1. The highest BCUT2D eigenvalue weighted by molar-refractivity contribution is 7.09. The van der Waals surface area contributed by atoms with Crippen molar-refractivity contribution in [2.45, 2.75) is 32.2 Å². The van der Waals surface area contributed by atoms with Crippen molar-refractivity contribution in [3.8, 4) is 0 Å². The lowest BCUT2D eigenvalue weighted by Gasteiger charge is -2.26. The van der Waals surface area contributed by atoms with Gasteiger partial charge in [0.1, 0.15) is 0 Å². The number of carbonyl (C=O) groups is 1. The lowest BCUT2D eigenvalue weighted by Crippen LogP contribution is -2.37. The summed E-state index contributed by atoms with van der Waals surface area (Å²) in [5, 5.41) is 8.76. The number of aliphatic imine (C=N–C) groups is 1. The first-order chi connectivity index (χ1) is 13.3. The van der Waals surface area contributed by atoms with Gasteiger partial charge < -0.3 is 15.5 Å². The first-order valence-electron chi connectivity index (χ1n) is 9.61. The maximum Gasteiger partial charge on any atom is 0.253 e. The molecule has 0 saturated carbocycles. The highest BCUT2D eigenvalue weighted by Gasteiger charge is 2.17. The summed E-state index contributed by atoms with van der Waals surface area (Å²) in [6.07, 6.45) is 4.46. The molecule has 0 radical (unpaired) electrons. The Morgan fingerprint density at radius 1 is 1.11 bits per heavy atom. The summed E-state index contributed by atoms with van der Waals surface area (Å²) in [5.74, 6) is 0.945. The molecule has 3 rings (SSSR count). The number of benzene rings is 1. The van der Waals surface area contributed by atoms with Crippen molar-refractivity contribution in [3.05, 3.63) is 57.8 Å². The molecule has 1 saturated heterocycles. The lowest BCUT2D eigenvalue weighted by atomic mass is 10.1. The molecule has 1 amide bonds. The van der Waals surface area contributed by atoms with Gasteiger partial charge in [-0.3, -0.25) is 9.79 Å². The van der Waals surface area contributed by atoms with Crippen LogP contribution < -0.4 is 10.6 Å². The maximum absolute atomic E-state index is 12.5. The van der Waals surface area contributed by atoms with Crippen LogP contribution in [-0.2, 0) is 13.0 Å². The van der Waals surface area contributed by atoms with Gasteiger partial charge in [-0.05, 0) is 54.8 Å². The molecule has 1 fully saturated rings. The summed E-state index contributed by atoms with van der Waals surface area (Å²) in [7, 11) is 1.78. The maximum atomic E-state index is 12.5. The van der Waals surface area contributed by atoms with E-state index in [1.807, 2.05) is 29.2 Å². The molecule has 27 heavy (non-hydrogen) atoms. The number of hydrogen-bond acceptors (Lipinski definition) is 3. The van der Waals surface area contributed by atoms with E-state index < -0.39 is 0 Å². The summed E-state index contributed by atoms with van der Waals surface area (Å²) < 4.78 is 0. The van der Waals surface area contributed by atoms with E-state index in [4.69, 9.17) is 0 Å². The van der Waals surface area contributed by atoms with Crippen LogP contribution >= 0.6 is 11.3 Å². The Balaban J connectivity index is 1.45. The van der Waals surface area contributed by atoms with E-state index in [1.165, 1.54) is 11.3 Å². The number of carbonyl (C=O) groups excluding carboxylic acids is 1. The van der Waals surface area contributed by atoms with Crippen LogP contribution in [0.1, 0.15) is 40.1 Å². The minimum absolute atomic E-state index is 0.153. The molecule has 0 bridgehead atoms. The van der Waals surface area contributed by atoms with Gasteiger partial charge in [0.25, 0.3) is 5.91 Å². The largest absolute Gasteiger partial charge is 0.356 e. The van der Waals surface area contributed by atoms with Gasteiger partial charge in [-0.1, -0.05) is 18.2 Å². The van der Waals surface area contributed by atoms with Gasteiger partial charge in [-0.2, -0.15) is 0 Å². The molecule has 1 aliphatic rings. The zero-order valence-corrected chi connectivity index (χ0v) is 16.7. The second-order valence-corrected chi connectivity index (χ2v) is 7.76. The molecule has 2 heterocycles. The highest BCUT2D eigenvalue weighted by Crippen LogP contribution is 2.14. The summed E-state index contributed by atoms with van der Waals surface area (Å²) >= 11 is 1.77. The van der Waals surface area contributed by atoms with Crippen molar-refractivity contribution in [1.29, 1.82) is 0 Å². The average molecular weight is 385 g/mol. The third-order valence-corrected chi connectivity index (χ3v) is 5.71. The standard InChI is InChI=1S/C21H28N4OS/c1-22-21(23-12-11-19-6-5-15-27-19)24-16-17-7-9-18(10-8-17)20(26)25-13-3-2-4-14-25/h5-10,15H,2-4,11-14,16H2,1H3,(H2,22,23,24). The summed E-state index contributed by atoms with van der Waals surface area (Å²) in [6.45, 7) is 3.30. The highest BCUT2D eigenvalue weighted by atomic mass is 32.1. The number of piperidine rings is 1. The van der Waals surface area contributed by atoms with Gasteiger partial charge in [-0.15, -0.1) is 11.3 Å². The first kappa shape index (κ1) is 19.4. The van der Waals surface area contributed by atoms with E-state index in [1.54, 1.807) is 18.4 Å². The third kappa shape index (κ3) is 5.82. The van der Waals surface area contributed by atoms with Gasteiger partial charge in [0.15, 0.2) is 5.96 Å². The third-order valence-electron chi connectivity index (χ3n) is 4.77. The topological polar surface area (TPSA) is 56.7 Å². The van der Waals surface area contributed by atoms with Gasteiger partial charge in [-0.25, -0.2) is 0 Å². The SMILES string of the molecule is CN=C(NCCc1cccs1)NCc1ccc(C(=O)N2CCCCC2)cc1. The molecule has 0 atom stereocenters. The number of hydrogen-bond donors (Lipinski definition) is 2. The van der Waals surface area contributed by atoms with Gasteiger partial charge in [0, 0.05) is 43.7 Å². The molecule has 6 heteroatoms. The second-order valence-electron chi connectivity index (χ2n) is 6.73. The van der Waals surface area contributed by atoms with Crippen LogP contribution in [0, 0.1) is 0 Å². The number of thiophene rings is 1. The van der Waals surface area contributed by atoms with Crippen molar-refractivity contribution >= 4 is 23.2 Å². The fourth-order valence-electron chi connectivity index (χ4n) is 3.21. The summed E-state index contributed by atoms with van der Waals surface area (Å²) in [5.41, 5.74) is 1.91. The number of nitrogens with one attached hydrogen (secondary N) is 2. The zero-order chi connectivity index (χ0) is 18.9. The molecule has 0 spiro atoms. The normalized spacial score (nSPS) is 14.9. The Morgan fingerprint density at radius 2 is 1.89 bits per heavy atom. The van der Waals surface area contributed by atoms with Gasteiger partial charge in [0.2, 0.25) is 0 Å². The molecule has 0 aliphatic carbocycles. The quantitative estimate of drug-likeness (QED) is 0.594. The van der Waals surface area contributed by atoms with Crippen LogP contribution in [0.4, 0.5) is 0 Å². The Labute approximate surface area is 165 Å². The molecule has 1 aromatic carbocycles. The van der Waals surface area contributed by atoms with Crippen LogP contribution in [0.15, 0.2) is 46.8 Å². The van der Waals surface area contributed by atoms with Crippen LogP contribution in [0.25, 0.3) is 0 Å². The fraction of sp³-hybridized carbons (Fsp3) is 0.429. The van der Waals surface area contributed by atoms with E-state index >= 15 is 0 Å². The molecular formula is C21H28N4OS. The zero-order valence-electron chi connectivity index (χ0n) is 15.9. The first-order valence-corrected chi connectivity index (χ1v) is 10.5. The van der Waals surface area contributed by atoms with Crippen molar-refractivity contribution in [2.75, 3.05) is 26.7 Å². The van der Waals surface area contributed by atoms with Crippen molar-refractivity contribution in [2.24, 2.45) is 4.99 Å². The molecule has 1 aromatic heterocycles. The number of likely N-dealkylation sites (tertiary alicyclic amines) is 1. The Hall–Kier alpha value is -2.34. The van der Waals surface area contributed by atoms with Gasteiger partial charge in [0.05, 0.1) is 0 Å². The minimum Gasteiger partial charge on any atom is -0.356 e. The van der Waals surface area contributed by atoms with Crippen molar-refractivity contribution < 1.29 is 4.79 Å². The van der Waals surface area contributed by atoms with Crippen LogP contribution in [0.5, 0.6) is 0 Å². The molecule has 144 valence electrons. The summed E-state index contributed by atoms with van der Waals surface area (Å²) in [6, 6.07) is 12.1. The Bertz CT molecular complexity index is 734. The minimum atomic E-state index is 0.153. The average Bonchev–Trinajstić information content (AvgIpc) is 3.24. The van der Waals surface area contributed by atoms with Gasteiger partial charge >= 0.3 is 0 Å². The Kier molecular flexibility index (Phi) is 7.27. The number of guanidine groups is 1. The number of rotatable bonds is 6. The lowest BCUT2D eigenvalue weighted by molar-refractivity contribution is 0.0724. The van der Waals surface area contributed by atoms with E-state index in [-0.39, 0.29) is 5.91 Å². The predicted octanol–water partition coefficient (Wildman–Crippen LogP) is 3.28. The second kappa shape index (κ2) is 10.1. The van der Waals surface area contributed by atoms with Crippen molar-refractivity contribution in [3.63, 3.8) is 0 Å². The van der Waals surface area contributed by atoms with E-state index in [2.05, 4.69) is 33.1 Å². The van der Waals surface area contributed by atoms with Crippen molar-refractivity contribution in [1.82, 2.24) is 15.5 Å². The van der Waals surface area contributed by atoms with Crippen LogP contribution in [0.3, 0.4) is 0 Å². The van der Waals surface area contributed by atoms with E-state index in [9.17, 15) is 4.79 Å². The Morgan fingerprint density at radius 3 is 2.56 bits per heavy atom. The molecule has 2 N–H and O–H groups in total. The van der Waals surface area contributed by atoms with Crippen LogP contribution in [0.2, 0.25) is 0 Å². The smallest absolute Gasteiger partial charge is 0.253 e. The number of nitrogens with zero attached hydrogens (tertiary/aromatic N) is 2. The molecule has 2 aromatic rings. The molecular weight excluding hydrogens is 356 g/mol. The predicted molar refractivity (Wildman–Crippen MR) is 112 cm³/mol. The molecule has 5 nitrogen and oxygen atoms in total. The molecule has 0 unspecified atom stereocenters. The fourth-order valence-corrected chi connectivity index (χ4v) is 3.92. The monoisotopic (exact) mass is 384 g/mol.